The molecule has 1 rings (SSSR count). The van der Waals surface area contributed by atoms with Crippen LogP contribution in [0, 0.1) is 5.82 Å². The van der Waals surface area contributed by atoms with Crippen LogP contribution in [0.25, 0.3) is 0 Å². The zero-order chi connectivity index (χ0) is 15.0. The maximum atomic E-state index is 13.3. The molecule has 0 spiro atoms. The molecule has 0 saturated heterocycles. The van der Waals surface area contributed by atoms with Crippen LogP contribution in [0.1, 0.15) is 27.2 Å². The Bertz CT molecular complexity index is 588. The number of rotatable bonds is 4. The van der Waals surface area contributed by atoms with E-state index in [-0.39, 0.29) is 15.1 Å². The first-order chi connectivity index (χ1) is 8.54. The van der Waals surface area contributed by atoms with Crippen LogP contribution in [-0.2, 0) is 10.0 Å². The van der Waals surface area contributed by atoms with Gasteiger partial charge in [0.2, 0.25) is 10.0 Å². The maximum Gasteiger partial charge on any atom is 0.245 e. The molecule has 19 heavy (non-hydrogen) atoms. The van der Waals surface area contributed by atoms with Gasteiger partial charge in [-0.3, -0.25) is 0 Å². The third-order valence-electron chi connectivity index (χ3n) is 3.41. The first kappa shape index (κ1) is 16.4. The second-order valence-electron chi connectivity index (χ2n) is 4.94. The fourth-order valence-electron chi connectivity index (χ4n) is 1.46. The van der Waals surface area contributed by atoms with E-state index >= 15 is 0 Å². The first-order valence-corrected chi connectivity index (χ1v) is 8.01. The second-order valence-corrected chi connectivity index (χ2v) is 7.73. The molecule has 0 aromatic heterocycles. The van der Waals surface area contributed by atoms with Crippen LogP contribution in [0.3, 0.4) is 0 Å². The van der Waals surface area contributed by atoms with E-state index < -0.39 is 21.4 Å². The van der Waals surface area contributed by atoms with Gasteiger partial charge in [0.05, 0.1) is 10.2 Å². The monoisotopic (exact) mass is 352 g/mol. The Kier molecular flexibility index (Phi) is 4.64. The van der Waals surface area contributed by atoms with Crippen molar-refractivity contribution in [1.29, 1.82) is 0 Å². The lowest BCUT2D eigenvalue weighted by Crippen LogP contribution is -2.44. The highest BCUT2D eigenvalue weighted by atomic mass is 79.9. The minimum absolute atomic E-state index is 0.0722. The smallest absolute Gasteiger partial charge is 0.245 e. The van der Waals surface area contributed by atoms with Gasteiger partial charge in [-0.2, -0.15) is 4.31 Å². The molecular weight excluding hydrogens is 335 g/mol. The molecule has 0 aliphatic rings. The van der Waals surface area contributed by atoms with Crippen molar-refractivity contribution in [2.24, 2.45) is 0 Å². The van der Waals surface area contributed by atoms with E-state index in [1.54, 1.807) is 0 Å². The standard InChI is InChI=1S/C12H18BrFN2O2S/c1-5-12(2,3)16(4)19(17,18)11-6-8(13)9(14)7-10(11)15/h6-7H,5,15H2,1-4H3. The highest BCUT2D eigenvalue weighted by molar-refractivity contribution is 9.10. The summed E-state index contributed by atoms with van der Waals surface area (Å²) < 4.78 is 39.7. The van der Waals surface area contributed by atoms with E-state index in [0.29, 0.717) is 6.42 Å². The number of nitrogen functional groups attached to an aromatic ring is 1. The molecule has 1 aromatic rings. The van der Waals surface area contributed by atoms with Gasteiger partial charge in [-0.05, 0) is 48.3 Å². The molecule has 0 aliphatic heterocycles. The number of anilines is 1. The highest BCUT2D eigenvalue weighted by Gasteiger charge is 2.34. The summed E-state index contributed by atoms with van der Waals surface area (Å²) in [4.78, 5) is -0.0928. The van der Waals surface area contributed by atoms with Gasteiger partial charge < -0.3 is 5.73 Å². The molecule has 0 amide bonds. The topological polar surface area (TPSA) is 63.4 Å². The quantitative estimate of drug-likeness (QED) is 0.847. The third kappa shape index (κ3) is 3.09. The number of hydrogen-bond acceptors (Lipinski definition) is 3. The predicted molar refractivity (Wildman–Crippen MR) is 77.8 cm³/mol. The van der Waals surface area contributed by atoms with Crippen LogP contribution in [0.4, 0.5) is 10.1 Å². The molecule has 0 heterocycles. The third-order valence-corrected chi connectivity index (χ3v) is 6.14. The molecular formula is C12H18BrFN2O2S. The van der Waals surface area contributed by atoms with Crippen molar-refractivity contribution in [3.63, 3.8) is 0 Å². The van der Waals surface area contributed by atoms with Gasteiger partial charge >= 0.3 is 0 Å². The van der Waals surface area contributed by atoms with Gasteiger partial charge in [0.1, 0.15) is 10.7 Å². The largest absolute Gasteiger partial charge is 0.398 e. The number of halogens is 2. The summed E-state index contributed by atoms with van der Waals surface area (Å²) in [5.41, 5.74) is 4.99. The van der Waals surface area contributed by atoms with Gasteiger partial charge in [0.25, 0.3) is 0 Å². The maximum absolute atomic E-state index is 13.3. The Morgan fingerprint density at radius 1 is 1.42 bits per heavy atom. The molecule has 4 nitrogen and oxygen atoms in total. The van der Waals surface area contributed by atoms with E-state index in [0.717, 1.165) is 6.07 Å². The highest BCUT2D eigenvalue weighted by Crippen LogP contribution is 2.31. The summed E-state index contributed by atoms with van der Waals surface area (Å²) in [5.74, 6) is -0.589. The van der Waals surface area contributed by atoms with E-state index in [1.807, 2.05) is 20.8 Å². The number of nitrogens with zero attached hydrogens (tertiary/aromatic N) is 1. The summed E-state index contributed by atoms with van der Waals surface area (Å²) in [6.45, 7) is 5.54. The minimum atomic E-state index is -3.77. The van der Waals surface area contributed by atoms with Crippen molar-refractivity contribution >= 4 is 31.6 Å². The molecule has 7 heteroatoms. The summed E-state index contributed by atoms with van der Waals surface area (Å²) in [6, 6.07) is 2.20. The minimum Gasteiger partial charge on any atom is -0.398 e. The number of benzene rings is 1. The van der Waals surface area contributed by atoms with Gasteiger partial charge in [0, 0.05) is 12.6 Å². The fourth-order valence-corrected chi connectivity index (χ4v) is 3.66. The summed E-state index contributed by atoms with van der Waals surface area (Å²) in [7, 11) is -2.27. The van der Waals surface area contributed by atoms with Gasteiger partial charge in [-0.15, -0.1) is 0 Å². The van der Waals surface area contributed by atoms with Crippen molar-refractivity contribution in [3.8, 4) is 0 Å². The van der Waals surface area contributed by atoms with Crippen LogP contribution >= 0.6 is 15.9 Å². The molecule has 0 unspecified atom stereocenters. The van der Waals surface area contributed by atoms with Crippen LogP contribution in [-0.4, -0.2) is 25.3 Å². The summed E-state index contributed by atoms with van der Waals surface area (Å²) in [5, 5.41) is 0. The van der Waals surface area contributed by atoms with Crippen molar-refractivity contribution in [2.45, 2.75) is 37.6 Å². The molecule has 0 fully saturated rings. The lowest BCUT2D eigenvalue weighted by Gasteiger charge is -2.34. The van der Waals surface area contributed by atoms with Crippen LogP contribution in [0.15, 0.2) is 21.5 Å². The van der Waals surface area contributed by atoms with E-state index in [1.165, 1.54) is 17.4 Å². The van der Waals surface area contributed by atoms with Gasteiger partial charge in [-0.25, -0.2) is 12.8 Å². The molecule has 108 valence electrons. The van der Waals surface area contributed by atoms with E-state index in [4.69, 9.17) is 5.73 Å². The normalized spacial score (nSPS) is 13.0. The molecule has 0 saturated carbocycles. The van der Waals surface area contributed by atoms with Crippen molar-refractivity contribution in [3.05, 3.63) is 22.4 Å². The Morgan fingerprint density at radius 2 is 1.95 bits per heavy atom. The fraction of sp³-hybridized carbons (Fsp3) is 0.500. The number of sulfonamides is 1. The Morgan fingerprint density at radius 3 is 2.42 bits per heavy atom. The van der Waals surface area contributed by atoms with Gasteiger partial charge in [0.15, 0.2) is 0 Å². The first-order valence-electron chi connectivity index (χ1n) is 5.77. The molecule has 2 N–H and O–H groups in total. The van der Waals surface area contributed by atoms with Crippen LogP contribution in [0.5, 0.6) is 0 Å². The SMILES string of the molecule is CCC(C)(C)N(C)S(=O)(=O)c1cc(Br)c(F)cc1N. The molecule has 0 bridgehead atoms. The lowest BCUT2D eigenvalue weighted by atomic mass is 10.0. The second kappa shape index (κ2) is 5.38. The summed E-state index contributed by atoms with van der Waals surface area (Å²) >= 11 is 2.98. The molecule has 0 radical (unpaired) electrons. The summed E-state index contributed by atoms with van der Waals surface area (Å²) in [6.07, 6.45) is 0.644. The van der Waals surface area contributed by atoms with Crippen LogP contribution < -0.4 is 5.73 Å². The van der Waals surface area contributed by atoms with E-state index in [9.17, 15) is 12.8 Å². The van der Waals surface area contributed by atoms with E-state index in [2.05, 4.69) is 15.9 Å². The molecule has 1 aromatic carbocycles. The van der Waals surface area contributed by atoms with Crippen molar-refractivity contribution in [1.82, 2.24) is 4.31 Å². The number of hydrogen-bond donors (Lipinski definition) is 1. The molecule has 0 atom stereocenters. The van der Waals surface area contributed by atoms with Gasteiger partial charge in [-0.1, -0.05) is 6.92 Å². The average Bonchev–Trinajstić information content (AvgIpc) is 2.32. The average molecular weight is 353 g/mol. The van der Waals surface area contributed by atoms with Crippen LogP contribution in [0.2, 0.25) is 0 Å². The Balaban J connectivity index is 3.40. The Labute approximate surface area is 122 Å². The zero-order valence-corrected chi connectivity index (χ0v) is 13.8. The number of nitrogens with two attached hydrogens (primary N) is 1. The zero-order valence-electron chi connectivity index (χ0n) is 11.4. The van der Waals surface area contributed by atoms with Crippen molar-refractivity contribution < 1.29 is 12.8 Å². The molecule has 0 aliphatic carbocycles. The van der Waals surface area contributed by atoms with Crippen molar-refractivity contribution in [2.75, 3.05) is 12.8 Å². The predicted octanol–water partition coefficient (Wildman–Crippen LogP) is 2.98. The lowest BCUT2D eigenvalue weighted by molar-refractivity contribution is 0.257. The Hall–Kier alpha value is -0.660.